The van der Waals surface area contributed by atoms with Gasteiger partial charge in [0.2, 0.25) is 0 Å². The third kappa shape index (κ3) is 4.50. The number of hydrogen-bond acceptors (Lipinski definition) is 3. The summed E-state index contributed by atoms with van der Waals surface area (Å²) >= 11 is 0. The summed E-state index contributed by atoms with van der Waals surface area (Å²) in [5.41, 5.74) is 8.20. The third-order valence-electron chi connectivity index (χ3n) is 3.52. The maximum absolute atomic E-state index is 5.90. The van der Waals surface area contributed by atoms with Gasteiger partial charge in [0, 0.05) is 19.0 Å². The van der Waals surface area contributed by atoms with E-state index in [0.29, 0.717) is 25.0 Å². The van der Waals surface area contributed by atoms with E-state index in [4.69, 9.17) is 10.5 Å². The molecule has 1 aliphatic rings. The van der Waals surface area contributed by atoms with E-state index in [1.165, 1.54) is 11.1 Å². The molecule has 0 saturated carbocycles. The molecule has 1 heterocycles. The van der Waals surface area contributed by atoms with Gasteiger partial charge in [0.1, 0.15) is 5.75 Å². The van der Waals surface area contributed by atoms with Gasteiger partial charge in [-0.15, -0.1) is 0 Å². The van der Waals surface area contributed by atoms with E-state index >= 15 is 0 Å². The molecule has 0 unspecified atom stereocenters. The van der Waals surface area contributed by atoms with Gasteiger partial charge in [0.05, 0.1) is 6.61 Å². The van der Waals surface area contributed by atoms with Crippen LogP contribution in [0.25, 0.3) is 0 Å². The quantitative estimate of drug-likeness (QED) is 0.785. The SMILES string of the molecule is CC.CC(C)c1ccc(C2CNC2)cc1OCCCN. The molecule has 3 N–H and O–H groups in total. The molecule has 3 nitrogen and oxygen atoms in total. The van der Waals surface area contributed by atoms with E-state index in [9.17, 15) is 0 Å². The standard InChI is InChI=1S/C15H24N2O.C2H6/c1-11(2)14-5-4-12(13-9-17-10-13)8-15(14)18-7-3-6-16;1-2/h4-5,8,11,13,17H,3,6-7,9-10,16H2,1-2H3;1-2H3. The van der Waals surface area contributed by atoms with Gasteiger partial charge in [-0.25, -0.2) is 0 Å². The molecule has 0 atom stereocenters. The Bertz CT molecular complexity index is 387. The molecule has 0 spiro atoms. The van der Waals surface area contributed by atoms with E-state index < -0.39 is 0 Å². The van der Waals surface area contributed by atoms with Crippen molar-refractivity contribution in [1.29, 1.82) is 0 Å². The zero-order chi connectivity index (χ0) is 15.0. The van der Waals surface area contributed by atoms with Gasteiger partial charge in [-0.3, -0.25) is 0 Å². The molecule has 1 fully saturated rings. The van der Waals surface area contributed by atoms with Crippen LogP contribution in [-0.2, 0) is 0 Å². The Morgan fingerprint density at radius 3 is 2.50 bits per heavy atom. The molecule has 0 radical (unpaired) electrons. The van der Waals surface area contributed by atoms with Crippen molar-refractivity contribution in [2.24, 2.45) is 5.73 Å². The molecule has 1 aromatic carbocycles. The van der Waals surface area contributed by atoms with Crippen LogP contribution in [0.15, 0.2) is 18.2 Å². The monoisotopic (exact) mass is 278 g/mol. The summed E-state index contributed by atoms with van der Waals surface area (Å²) in [6.07, 6.45) is 0.909. The molecule has 0 bridgehead atoms. The number of hydrogen-bond donors (Lipinski definition) is 2. The topological polar surface area (TPSA) is 47.3 Å². The van der Waals surface area contributed by atoms with Gasteiger partial charge in [0.25, 0.3) is 0 Å². The molecule has 1 saturated heterocycles. The van der Waals surface area contributed by atoms with Crippen molar-refractivity contribution in [3.05, 3.63) is 29.3 Å². The Morgan fingerprint density at radius 2 is 2.00 bits per heavy atom. The lowest BCUT2D eigenvalue weighted by Gasteiger charge is -2.28. The van der Waals surface area contributed by atoms with Gasteiger partial charge < -0.3 is 15.8 Å². The highest BCUT2D eigenvalue weighted by Gasteiger charge is 2.20. The summed E-state index contributed by atoms with van der Waals surface area (Å²) in [6, 6.07) is 6.68. The second kappa shape index (κ2) is 8.98. The summed E-state index contributed by atoms with van der Waals surface area (Å²) in [7, 11) is 0. The summed E-state index contributed by atoms with van der Waals surface area (Å²) in [4.78, 5) is 0. The molecule has 0 amide bonds. The minimum atomic E-state index is 0.492. The van der Waals surface area contributed by atoms with Gasteiger partial charge >= 0.3 is 0 Å². The summed E-state index contributed by atoms with van der Waals surface area (Å²) in [5, 5.41) is 3.31. The minimum Gasteiger partial charge on any atom is -0.493 e. The van der Waals surface area contributed by atoms with Crippen molar-refractivity contribution < 1.29 is 4.74 Å². The van der Waals surface area contributed by atoms with E-state index in [1.807, 2.05) is 13.8 Å². The van der Waals surface area contributed by atoms with Crippen LogP contribution in [0.1, 0.15) is 57.1 Å². The van der Waals surface area contributed by atoms with Crippen molar-refractivity contribution in [2.75, 3.05) is 26.2 Å². The summed E-state index contributed by atoms with van der Waals surface area (Å²) < 4.78 is 5.90. The molecular formula is C17H30N2O. The second-order valence-electron chi connectivity index (χ2n) is 5.30. The van der Waals surface area contributed by atoms with Crippen molar-refractivity contribution in [3.63, 3.8) is 0 Å². The molecule has 0 aromatic heterocycles. The predicted octanol–water partition coefficient (Wildman–Crippen LogP) is 3.25. The first-order valence-corrected chi connectivity index (χ1v) is 7.89. The fraction of sp³-hybridized carbons (Fsp3) is 0.647. The maximum atomic E-state index is 5.90. The summed E-state index contributed by atoms with van der Waals surface area (Å²) in [6.45, 7) is 12.0. The van der Waals surface area contributed by atoms with Crippen LogP contribution in [-0.4, -0.2) is 26.2 Å². The number of benzene rings is 1. The number of nitrogens with one attached hydrogen (secondary N) is 1. The van der Waals surface area contributed by atoms with E-state index in [0.717, 1.165) is 25.3 Å². The highest BCUT2D eigenvalue weighted by atomic mass is 16.5. The first-order chi connectivity index (χ1) is 9.72. The van der Waals surface area contributed by atoms with Gasteiger partial charge in [0.15, 0.2) is 0 Å². The van der Waals surface area contributed by atoms with Crippen LogP contribution in [0.5, 0.6) is 5.75 Å². The number of ether oxygens (including phenoxy) is 1. The van der Waals surface area contributed by atoms with Gasteiger partial charge in [-0.1, -0.05) is 39.8 Å². The minimum absolute atomic E-state index is 0.492. The van der Waals surface area contributed by atoms with Crippen LogP contribution in [0.2, 0.25) is 0 Å². The average Bonchev–Trinajstić information content (AvgIpc) is 2.39. The molecule has 0 aliphatic carbocycles. The normalized spacial score (nSPS) is 14.5. The van der Waals surface area contributed by atoms with Crippen molar-refractivity contribution in [1.82, 2.24) is 5.32 Å². The molecule has 1 aromatic rings. The Labute approximate surface area is 123 Å². The van der Waals surface area contributed by atoms with Crippen molar-refractivity contribution >= 4 is 0 Å². The molecule has 2 rings (SSSR count). The maximum Gasteiger partial charge on any atom is 0.123 e. The van der Waals surface area contributed by atoms with Gasteiger partial charge in [-0.2, -0.15) is 0 Å². The smallest absolute Gasteiger partial charge is 0.123 e. The molecule has 1 aliphatic heterocycles. The van der Waals surface area contributed by atoms with E-state index in [1.54, 1.807) is 0 Å². The zero-order valence-corrected chi connectivity index (χ0v) is 13.4. The van der Waals surface area contributed by atoms with Crippen LogP contribution >= 0.6 is 0 Å². The Kier molecular flexibility index (Phi) is 7.63. The van der Waals surface area contributed by atoms with Crippen molar-refractivity contribution in [2.45, 2.75) is 46.0 Å². The molecular weight excluding hydrogens is 248 g/mol. The highest BCUT2D eigenvalue weighted by molar-refractivity contribution is 5.41. The Balaban J connectivity index is 0.000000956. The van der Waals surface area contributed by atoms with Crippen LogP contribution in [0.4, 0.5) is 0 Å². The van der Waals surface area contributed by atoms with Crippen LogP contribution in [0.3, 0.4) is 0 Å². The van der Waals surface area contributed by atoms with E-state index in [2.05, 4.69) is 37.4 Å². The second-order valence-corrected chi connectivity index (χ2v) is 5.30. The molecule has 114 valence electrons. The fourth-order valence-corrected chi connectivity index (χ4v) is 2.20. The largest absolute Gasteiger partial charge is 0.493 e. The summed E-state index contributed by atoms with van der Waals surface area (Å²) in [5.74, 6) is 2.19. The molecule has 20 heavy (non-hydrogen) atoms. The lowest BCUT2D eigenvalue weighted by molar-refractivity contribution is 0.308. The zero-order valence-electron chi connectivity index (χ0n) is 13.4. The fourth-order valence-electron chi connectivity index (χ4n) is 2.20. The predicted molar refractivity (Wildman–Crippen MR) is 86.7 cm³/mol. The molecule has 3 heteroatoms. The van der Waals surface area contributed by atoms with Crippen molar-refractivity contribution in [3.8, 4) is 5.75 Å². The lowest BCUT2D eigenvalue weighted by Crippen LogP contribution is -2.39. The third-order valence-corrected chi connectivity index (χ3v) is 3.52. The van der Waals surface area contributed by atoms with Crippen LogP contribution in [0, 0.1) is 0 Å². The first kappa shape index (κ1) is 17.0. The number of nitrogens with two attached hydrogens (primary N) is 1. The lowest BCUT2D eigenvalue weighted by atomic mass is 9.91. The number of rotatable bonds is 6. The first-order valence-electron chi connectivity index (χ1n) is 7.89. The van der Waals surface area contributed by atoms with Gasteiger partial charge in [-0.05, 0) is 36.1 Å². The van der Waals surface area contributed by atoms with E-state index in [-0.39, 0.29) is 0 Å². The highest BCUT2D eigenvalue weighted by Crippen LogP contribution is 2.31. The van der Waals surface area contributed by atoms with Crippen LogP contribution < -0.4 is 15.8 Å². The average molecular weight is 278 g/mol. The Hall–Kier alpha value is -1.06. The Morgan fingerprint density at radius 1 is 1.30 bits per heavy atom.